The molecule has 0 amide bonds. The summed E-state index contributed by atoms with van der Waals surface area (Å²) in [6, 6.07) is 16.8. The molecule has 0 saturated heterocycles. The highest BCUT2D eigenvalue weighted by molar-refractivity contribution is 7.13. The van der Waals surface area contributed by atoms with Crippen LogP contribution in [0.1, 0.15) is 16.2 Å². The van der Waals surface area contributed by atoms with Crippen LogP contribution < -0.4 is 4.74 Å². The summed E-state index contributed by atoms with van der Waals surface area (Å²) in [7, 11) is 1.63. The third-order valence-corrected chi connectivity index (χ3v) is 4.79. The first kappa shape index (κ1) is 16.4. The van der Waals surface area contributed by atoms with Gasteiger partial charge in [0, 0.05) is 16.3 Å². The normalized spacial score (nSPS) is 10.8. The maximum Gasteiger partial charge on any atom is 0.374 e. The van der Waals surface area contributed by atoms with Crippen molar-refractivity contribution in [1.82, 2.24) is 4.98 Å². The quantitative estimate of drug-likeness (QED) is 0.470. The lowest BCUT2D eigenvalue weighted by Crippen LogP contribution is -2.04. The van der Waals surface area contributed by atoms with Crippen molar-refractivity contribution >= 4 is 28.3 Å². The number of methoxy groups -OCH3 is 1. The highest BCUT2D eigenvalue weighted by Gasteiger charge is 2.15. The van der Waals surface area contributed by atoms with E-state index in [2.05, 4.69) is 4.98 Å². The molecule has 0 atom stereocenters. The summed E-state index contributed by atoms with van der Waals surface area (Å²) in [6.45, 7) is 0.0936. The second kappa shape index (κ2) is 7.01. The minimum absolute atomic E-state index is 0.0936. The maximum absolute atomic E-state index is 12.2. The monoisotopic (exact) mass is 365 g/mol. The molecule has 2 aromatic carbocycles. The van der Waals surface area contributed by atoms with E-state index in [-0.39, 0.29) is 12.4 Å². The molecular formula is C20H15NO4S. The van der Waals surface area contributed by atoms with Gasteiger partial charge in [0.2, 0.25) is 5.76 Å². The van der Waals surface area contributed by atoms with Crippen molar-refractivity contribution in [2.75, 3.05) is 7.11 Å². The van der Waals surface area contributed by atoms with Gasteiger partial charge in [0.15, 0.2) is 0 Å². The fourth-order valence-corrected chi connectivity index (χ4v) is 3.36. The van der Waals surface area contributed by atoms with Crippen LogP contribution in [0.25, 0.3) is 21.5 Å². The van der Waals surface area contributed by atoms with Gasteiger partial charge < -0.3 is 13.9 Å². The van der Waals surface area contributed by atoms with Gasteiger partial charge in [-0.1, -0.05) is 30.3 Å². The fourth-order valence-electron chi connectivity index (χ4n) is 2.56. The molecule has 0 saturated carbocycles. The van der Waals surface area contributed by atoms with Gasteiger partial charge in [0.1, 0.15) is 22.9 Å². The van der Waals surface area contributed by atoms with Crippen LogP contribution in [0.4, 0.5) is 0 Å². The first-order valence-corrected chi connectivity index (χ1v) is 8.85. The Morgan fingerprint density at radius 3 is 2.88 bits per heavy atom. The van der Waals surface area contributed by atoms with Gasteiger partial charge in [0.05, 0.1) is 12.8 Å². The molecule has 0 N–H and O–H groups in total. The lowest BCUT2D eigenvalue weighted by molar-refractivity contribution is 0.0434. The van der Waals surface area contributed by atoms with Gasteiger partial charge >= 0.3 is 5.97 Å². The number of carbonyl (C=O) groups excluding carboxylic acids is 1. The Balaban J connectivity index is 1.44. The van der Waals surface area contributed by atoms with Crippen molar-refractivity contribution in [2.45, 2.75) is 6.61 Å². The van der Waals surface area contributed by atoms with E-state index in [9.17, 15) is 4.79 Å². The summed E-state index contributed by atoms with van der Waals surface area (Å²) >= 11 is 1.49. The number of furan rings is 1. The van der Waals surface area contributed by atoms with Gasteiger partial charge in [-0.25, -0.2) is 9.78 Å². The van der Waals surface area contributed by atoms with Crippen LogP contribution in [0.2, 0.25) is 0 Å². The predicted molar refractivity (Wildman–Crippen MR) is 99.4 cm³/mol. The number of aromatic nitrogens is 1. The lowest BCUT2D eigenvalue weighted by Gasteiger charge is -2.01. The lowest BCUT2D eigenvalue weighted by atomic mass is 10.2. The largest absolute Gasteiger partial charge is 0.497 e. The molecule has 0 radical (unpaired) electrons. The van der Waals surface area contributed by atoms with E-state index < -0.39 is 5.97 Å². The van der Waals surface area contributed by atoms with Crippen LogP contribution in [0.3, 0.4) is 0 Å². The predicted octanol–water partition coefficient (Wildman–Crippen LogP) is 4.92. The first-order valence-electron chi connectivity index (χ1n) is 7.97. The average molecular weight is 365 g/mol. The van der Waals surface area contributed by atoms with Gasteiger partial charge in [-0.15, -0.1) is 11.3 Å². The zero-order valence-corrected chi connectivity index (χ0v) is 14.8. The van der Waals surface area contributed by atoms with E-state index in [0.29, 0.717) is 11.3 Å². The second-order valence-electron chi connectivity index (χ2n) is 5.60. The Morgan fingerprint density at radius 2 is 2.04 bits per heavy atom. The van der Waals surface area contributed by atoms with Crippen LogP contribution in [-0.2, 0) is 11.3 Å². The third kappa shape index (κ3) is 3.32. The zero-order chi connectivity index (χ0) is 17.9. The van der Waals surface area contributed by atoms with E-state index in [0.717, 1.165) is 21.7 Å². The molecule has 0 unspecified atom stereocenters. The number of ether oxygens (including phenoxy) is 2. The molecule has 4 aromatic rings. The summed E-state index contributed by atoms with van der Waals surface area (Å²) in [5.74, 6) is 0.460. The maximum atomic E-state index is 12.2. The summed E-state index contributed by atoms with van der Waals surface area (Å²) in [5, 5.41) is 3.59. The number of fused-ring (bicyclic) bond motifs is 1. The second-order valence-corrected chi connectivity index (χ2v) is 6.46. The van der Waals surface area contributed by atoms with E-state index in [1.807, 2.05) is 53.9 Å². The van der Waals surface area contributed by atoms with E-state index in [1.165, 1.54) is 11.3 Å². The van der Waals surface area contributed by atoms with Crippen LogP contribution in [0.15, 0.2) is 64.4 Å². The molecule has 5 nitrogen and oxygen atoms in total. The van der Waals surface area contributed by atoms with Crippen molar-refractivity contribution < 1.29 is 18.7 Å². The molecule has 0 aliphatic heterocycles. The molecule has 26 heavy (non-hydrogen) atoms. The van der Waals surface area contributed by atoms with Gasteiger partial charge in [-0.05, 0) is 24.3 Å². The number of esters is 1. The molecule has 0 spiro atoms. The van der Waals surface area contributed by atoms with E-state index in [4.69, 9.17) is 13.9 Å². The number of para-hydroxylation sites is 1. The number of thiazole rings is 1. The standard InChI is InChI=1S/C20H15NO4S/c1-23-16-7-4-6-14(9-16)19-21-15(12-26-19)11-24-20(22)18-10-13-5-2-3-8-17(13)25-18/h2-10,12H,11H2,1H3. The average Bonchev–Trinajstić information content (AvgIpc) is 3.33. The number of hydrogen-bond acceptors (Lipinski definition) is 6. The first-order chi connectivity index (χ1) is 12.7. The number of nitrogens with zero attached hydrogens (tertiary/aromatic N) is 1. The highest BCUT2D eigenvalue weighted by Crippen LogP contribution is 2.27. The fraction of sp³-hybridized carbons (Fsp3) is 0.100. The molecule has 0 aliphatic rings. The van der Waals surface area contributed by atoms with Crippen molar-refractivity contribution in [1.29, 1.82) is 0 Å². The smallest absolute Gasteiger partial charge is 0.374 e. The SMILES string of the molecule is COc1cccc(-c2nc(COC(=O)c3cc4ccccc4o3)cs2)c1. The van der Waals surface area contributed by atoms with Gasteiger partial charge in [-0.3, -0.25) is 0 Å². The van der Waals surface area contributed by atoms with Crippen LogP contribution in [0.5, 0.6) is 5.75 Å². The molecule has 2 aromatic heterocycles. The summed E-state index contributed by atoms with van der Waals surface area (Å²) in [4.78, 5) is 16.7. The molecule has 130 valence electrons. The number of carbonyl (C=O) groups is 1. The Bertz CT molecular complexity index is 1030. The molecule has 0 aliphatic carbocycles. The molecule has 0 bridgehead atoms. The summed E-state index contributed by atoms with van der Waals surface area (Å²) < 4.78 is 16.1. The topological polar surface area (TPSA) is 61.6 Å². The minimum atomic E-state index is -0.503. The molecule has 0 fully saturated rings. The Labute approximate surface area is 153 Å². The molecule has 2 heterocycles. The Hall–Kier alpha value is -3.12. The van der Waals surface area contributed by atoms with Crippen LogP contribution >= 0.6 is 11.3 Å². The van der Waals surface area contributed by atoms with Gasteiger partial charge in [-0.2, -0.15) is 0 Å². The highest BCUT2D eigenvalue weighted by atomic mass is 32.1. The van der Waals surface area contributed by atoms with Crippen LogP contribution in [0, 0.1) is 0 Å². The molecular weight excluding hydrogens is 350 g/mol. The Morgan fingerprint density at radius 1 is 1.15 bits per heavy atom. The van der Waals surface area contributed by atoms with Gasteiger partial charge in [0.25, 0.3) is 0 Å². The van der Waals surface area contributed by atoms with Crippen molar-refractivity contribution in [2.24, 2.45) is 0 Å². The third-order valence-electron chi connectivity index (χ3n) is 3.85. The zero-order valence-electron chi connectivity index (χ0n) is 14.0. The number of rotatable bonds is 5. The molecule has 6 heteroatoms. The van der Waals surface area contributed by atoms with Crippen molar-refractivity contribution in [3.05, 3.63) is 71.4 Å². The number of benzene rings is 2. The molecule has 4 rings (SSSR count). The van der Waals surface area contributed by atoms with E-state index in [1.54, 1.807) is 13.2 Å². The van der Waals surface area contributed by atoms with E-state index >= 15 is 0 Å². The summed E-state index contributed by atoms with van der Waals surface area (Å²) in [5.41, 5.74) is 2.31. The number of hydrogen-bond donors (Lipinski definition) is 0. The minimum Gasteiger partial charge on any atom is -0.497 e. The van der Waals surface area contributed by atoms with Crippen molar-refractivity contribution in [3.8, 4) is 16.3 Å². The van der Waals surface area contributed by atoms with Crippen molar-refractivity contribution in [3.63, 3.8) is 0 Å². The Kier molecular flexibility index (Phi) is 4.41. The summed E-state index contributed by atoms with van der Waals surface area (Å²) in [6.07, 6.45) is 0. The van der Waals surface area contributed by atoms with Crippen LogP contribution in [-0.4, -0.2) is 18.1 Å².